The Morgan fingerprint density at radius 2 is 1.60 bits per heavy atom. The minimum absolute atomic E-state index is 0. The lowest BCUT2D eigenvalue weighted by molar-refractivity contribution is 0.474. The molecular formula is C13H24BrP. The summed E-state index contributed by atoms with van der Waals surface area (Å²) in [6.45, 7) is 3.82. The smallest absolute Gasteiger partial charge is 0.0207 e. The molecule has 2 aliphatic heterocycles. The molecule has 2 bridgehead atoms. The highest BCUT2D eigenvalue weighted by Gasteiger charge is 2.34. The maximum absolute atomic E-state index is 3.82. The first-order valence-corrected chi connectivity index (χ1v) is 7.95. The second-order valence-electron chi connectivity index (χ2n) is 4.84. The molecule has 2 aliphatic rings. The first-order chi connectivity index (χ1) is 6.92. The zero-order chi connectivity index (χ0) is 9.80. The quantitative estimate of drug-likeness (QED) is 0.383. The van der Waals surface area contributed by atoms with E-state index in [1.54, 1.807) is 31.8 Å². The fraction of sp³-hybridized carbons (Fsp3) is 0.846. The number of rotatable bonds is 4. The Morgan fingerprint density at radius 1 is 1.07 bits per heavy atom. The van der Waals surface area contributed by atoms with Gasteiger partial charge in [0.1, 0.15) is 0 Å². The van der Waals surface area contributed by atoms with Crippen LogP contribution in [0.5, 0.6) is 0 Å². The van der Waals surface area contributed by atoms with Crippen molar-refractivity contribution < 1.29 is 0 Å². The zero-order valence-electron chi connectivity index (χ0n) is 9.66. The monoisotopic (exact) mass is 290 g/mol. The van der Waals surface area contributed by atoms with Crippen LogP contribution in [0.1, 0.15) is 51.4 Å². The number of allylic oxidation sites excluding steroid dienone is 1. The minimum Gasteiger partial charge on any atom is -0.114 e. The fourth-order valence-electron chi connectivity index (χ4n) is 3.21. The number of unbranched alkanes of at least 4 members (excludes halogenated alkanes) is 1. The summed E-state index contributed by atoms with van der Waals surface area (Å²) in [6.07, 6.45) is 15.6. The molecule has 0 unspecified atom stereocenters. The van der Waals surface area contributed by atoms with Crippen LogP contribution in [0.3, 0.4) is 0 Å². The van der Waals surface area contributed by atoms with Gasteiger partial charge < -0.3 is 0 Å². The second kappa shape index (κ2) is 7.07. The summed E-state index contributed by atoms with van der Waals surface area (Å²) in [6, 6.07) is 0. The molecule has 0 atom stereocenters. The standard InChI is InChI=1S/C13H23P.BrH/c1-2-3-4-11-14-12-7-5-8-13(14)10-6-9-12;/h2,12-13H,1,3-11H2;1H. The number of fused-ring (bicyclic) bond motifs is 2. The molecule has 0 saturated carbocycles. The van der Waals surface area contributed by atoms with Gasteiger partial charge >= 0.3 is 0 Å². The van der Waals surface area contributed by atoms with Gasteiger partial charge in [0.2, 0.25) is 0 Å². The van der Waals surface area contributed by atoms with Crippen molar-refractivity contribution in [3.8, 4) is 0 Å². The summed E-state index contributed by atoms with van der Waals surface area (Å²) in [7, 11) is 0.431. The van der Waals surface area contributed by atoms with Crippen LogP contribution >= 0.6 is 24.9 Å². The topological polar surface area (TPSA) is 0 Å². The van der Waals surface area contributed by atoms with Crippen LogP contribution in [-0.4, -0.2) is 17.5 Å². The van der Waals surface area contributed by atoms with Crippen molar-refractivity contribution in [3.63, 3.8) is 0 Å². The molecule has 2 saturated heterocycles. The van der Waals surface area contributed by atoms with Crippen LogP contribution in [0.25, 0.3) is 0 Å². The summed E-state index contributed by atoms with van der Waals surface area (Å²) >= 11 is 0. The third-order valence-corrected chi connectivity index (χ3v) is 7.65. The van der Waals surface area contributed by atoms with E-state index in [1.807, 2.05) is 0 Å². The van der Waals surface area contributed by atoms with Gasteiger partial charge in [0.05, 0.1) is 0 Å². The molecule has 0 aromatic heterocycles. The van der Waals surface area contributed by atoms with Crippen LogP contribution in [-0.2, 0) is 0 Å². The van der Waals surface area contributed by atoms with Gasteiger partial charge in [-0.05, 0) is 56.0 Å². The molecule has 0 N–H and O–H groups in total. The maximum atomic E-state index is 3.82. The Kier molecular flexibility index (Phi) is 6.46. The van der Waals surface area contributed by atoms with Gasteiger partial charge in [-0.1, -0.05) is 18.9 Å². The lowest BCUT2D eigenvalue weighted by Gasteiger charge is -2.43. The summed E-state index contributed by atoms with van der Waals surface area (Å²) in [4.78, 5) is 0. The van der Waals surface area contributed by atoms with E-state index in [0.29, 0.717) is 7.92 Å². The molecule has 0 aromatic carbocycles. The molecule has 15 heavy (non-hydrogen) atoms. The van der Waals surface area contributed by atoms with Crippen LogP contribution in [0, 0.1) is 0 Å². The molecule has 0 amide bonds. The molecule has 0 spiro atoms. The predicted octanol–water partition coefficient (Wildman–Crippen LogP) is 5.12. The molecule has 2 heterocycles. The Balaban J connectivity index is 0.00000112. The molecule has 88 valence electrons. The van der Waals surface area contributed by atoms with Gasteiger partial charge in [0, 0.05) is 0 Å². The SMILES string of the molecule is Br.C=CCCCP1C2CCCC1CCC2. The Bertz CT molecular complexity index is 171. The Labute approximate surface area is 106 Å². The zero-order valence-corrected chi connectivity index (χ0v) is 12.3. The first kappa shape index (κ1) is 13.7. The molecule has 2 heteroatoms. The third-order valence-electron chi connectivity index (χ3n) is 3.91. The van der Waals surface area contributed by atoms with Gasteiger partial charge in [-0.25, -0.2) is 0 Å². The summed E-state index contributed by atoms with van der Waals surface area (Å²) in [5.74, 6) is 0. The van der Waals surface area contributed by atoms with Crippen LogP contribution in [0.15, 0.2) is 12.7 Å². The highest BCUT2D eigenvalue weighted by atomic mass is 79.9. The van der Waals surface area contributed by atoms with E-state index in [9.17, 15) is 0 Å². The molecule has 2 rings (SSSR count). The summed E-state index contributed by atoms with van der Waals surface area (Å²) in [5.41, 5.74) is 2.34. The summed E-state index contributed by atoms with van der Waals surface area (Å²) in [5, 5.41) is 0. The highest BCUT2D eigenvalue weighted by molar-refractivity contribution is 8.93. The highest BCUT2D eigenvalue weighted by Crippen LogP contribution is 2.59. The van der Waals surface area contributed by atoms with Crippen molar-refractivity contribution in [1.82, 2.24) is 0 Å². The van der Waals surface area contributed by atoms with Crippen LogP contribution in [0.4, 0.5) is 0 Å². The second-order valence-corrected chi connectivity index (χ2v) is 7.77. The van der Waals surface area contributed by atoms with Gasteiger partial charge in [0.15, 0.2) is 0 Å². The van der Waals surface area contributed by atoms with Crippen molar-refractivity contribution in [1.29, 1.82) is 0 Å². The molecule has 0 aliphatic carbocycles. The van der Waals surface area contributed by atoms with Gasteiger partial charge in [-0.3, -0.25) is 0 Å². The van der Waals surface area contributed by atoms with E-state index in [-0.39, 0.29) is 17.0 Å². The summed E-state index contributed by atoms with van der Waals surface area (Å²) < 4.78 is 0. The predicted molar refractivity (Wildman–Crippen MR) is 76.8 cm³/mol. The van der Waals surface area contributed by atoms with Crippen molar-refractivity contribution in [2.45, 2.75) is 62.7 Å². The van der Waals surface area contributed by atoms with E-state index in [2.05, 4.69) is 12.7 Å². The molecule has 0 radical (unpaired) electrons. The van der Waals surface area contributed by atoms with Crippen LogP contribution in [0.2, 0.25) is 0 Å². The normalized spacial score (nSPS) is 34.3. The largest absolute Gasteiger partial charge is 0.114 e. The average Bonchev–Trinajstić information content (AvgIpc) is 2.17. The molecule has 0 aromatic rings. The average molecular weight is 291 g/mol. The van der Waals surface area contributed by atoms with Crippen molar-refractivity contribution in [2.24, 2.45) is 0 Å². The van der Waals surface area contributed by atoms with Crippen LogP contribution < -0.4 is 0 Å². The lowest BCUT2D eigenvalue weighted by Crippen LogP contribution is -2.27. The fourth-order valence-corrected chi connectivity index (χ4v) is 7.14. The Hall–Kier alpha value is 0.650. The van der Waals surface area contributed by atoms with E-state index in [4.69, 9.17) is 0 Å². The molecular weight excluding hydrogens is 267 g/mol. The van der Waals surface area contributed by atoms with Gasteiger partial charge in [-0.15, -0.1) is 31.5 Å². The van der Waals surface area contributed by atoms with E-state index in [1.165, 1.54) is 37.0 Å². The Morgan fingerprint density at radius 3 is 2.07 bits per heavy atom. The molecule has 2 fully saturated rings. The van der Waals surface area contributed by atoms with Crippen molar-refractivity contribution in [2.75, 3.05) is 6.16 Å². The molecule has 0 nitrogen and oxygen atoms in total. The first-order valence-electron chi connectivity index (χ1n) is 6.28. The number of hydrogen-bond acceptors (Lipinski definition) is 0. The number of halogens is 1. The van der Waals surface area contributed by atoms with E-state index >= 15 is 0 Å². The minimum atomic E-state index is 0. The van der Waals surface area contributed by atoms with Gasteiger partial charge in [0.25, 0.3) is 0 Å². The van der Waals surface area contributed by atoms with E-state index in [0.717, 1.165) is 0 Å². The lowest BCUT2D eigenvalue weighted by atomic mass is 9.99. The number of hydrogen-bond donors (Lipinski definition) is 0. The van der Waals surface area contributed by atoms with E-state index < -0.39 is 0 Å². The maximum Gasteiger partial charge on any atom is -0.0207 e. The third kappa shape index (κ3) is 3.56. The van der Waals surface area contributed by atoms with Gasteiger partial charge in [-0.2, -0.15) is 0 Å². The van der Waals surface area contributed by atoms with Crippen molar-refractivity contribution >= 4 is 24.9 Å². The van der Waals surface area contributed by atoms with Crippen molar-refractivity contribution in [3.05, 3.63) is 12.7 Å².